The number of hydroxylamine groups is 3. The molecule has 28 heavy (non-hydrogen) atoms. The van der Waals surface area contributed by atoms with Gasteiger partial charge in [-0.05, 0) is 42.6 Å². The molecule has 0 aliphatic heterocycles. The number of rotatable bonds is 5. The molecular formula is C21H24N4O3. The third-order valence-corrected chi connectivity index (χ3v) is 5.03. The van der Waals surface area contributed by atoms with Crippen molar-refractivity contribution in [1.29, 1.82) is 0 Å². The summed E-state index contributed by atoms with van der Waals surface area (Å²) < 4.78 is 7.24. The summed E-state index contributed by atoms with van der Waals surface area (Å²) in [5.41, 5.74) is 2.41. The molecule has 1 N–H and O–H groups in total. The van der Waals surface area contributed by atoms with Gasteiger partial charge in [-0.15, -0.1) is 0 Å². The van der Waals surface area contributed by atoms with Crippen molar-refractivity contribution in [3.05, 3.63) is 41.5 Å². The average molecular weight is 380 g/mol. The van der Waals surface area contributed by atoms with E-state index in [2.05, 4.69) is 9.98 Å². The van der Waals surface area contributed by atoms with Gasteiger partial charge in [-0.25, -0.2) is 10.2 Å². The van der Waals surface area contributed by atoms with Crippen LogP contribution in [0.5, 0.6) is 11.5 Å². The van der Waals surface area contributed by atoms with Crippen molar-refractivity contribution < 1.29 is 19.7 Å². The molecule has 0 atom stereocenters. The van der Waals surface area contributed by atoms with Crippen molar-refractivity contribution >= 4 is 27.3 Å². The number of nitrogens with zero attached hydrogens (tertiary/aromatic N) is 4. The number of quaternary nitrogens is 1. The fourth-order valence-corrected chi connectivity index (χ4v) is 3.73. The standard InChI is InChI=1S/C21H24N4O3/c1-13-23-17-8-7-16(22-10-5-11-25(2,3)27)19-20(17)24(13)18-9-6-14(28-4)12-15(18)21(19)26/h6-9,12,27H,5,10-11H2,1-4H3. The molecule has 2 heterocycles. The Hall–Kier alpha value is -2.90. The summed E-state index contributed by atoms with van der Waals surface area (Å²) in [7, 11) is 5.04. The Morgan fingerprint density at radius 3 is 2.75 bits per heavy atom. The maximum Gasteiger partial charge on any atom is 0.119 e. The second-order valence-electron chi connectivity index (χ2n) is 7.61. The highest BCUT2D eigenvalue weighted by molar-refractivity contribution is 6.07. The molecule has 0 radical (unpaired) electrons. The molecule has 2 aromatic carbocycles. The second kappa shape index (κ2) is 6.61. The van der Waals surface area contributed by atoms with E-state index in [0.29, 0.717) is 35.0 Å². The molecule has 7 nitrogen and oxygen atoms in total. The zero-order valence-corrected chi connectivity index (χ0v) is 16.6. The van der Waals surface area contributed by atoms with Gasteiger partial charge in [0.1, 0.15) is 18.1 Å². The number of benzene rings is 2. The Morgan fingerprint density at radius 2 is 2.04 bits per heavy atom. The van der Waals surface area contributed by atoms with Gasteiger partial charge in [-0.3, -0.25) is 9.39 Å². The van der Waals surface area contributed by atoms with Gasteiger partial charge in [0.05, 0.1) is 43.1 Å². The molecule has 2 aromatic heterocycles. The molecule has 0 unspecified atom stereocenters. The molecule has 4 rings (SSSR count). The molecule has 0 fully saturated rings. The van der Waals surface area contributed by atoms with E-state index in [1.807, 2.05) is 35.6 Å². The van der Waals surface area contributed by atoms with Gasteiger partial charge in [-0.2, -0.15) is 4.65 Å². The molecule has 0 saturated carbocycles. The lowest BCUT2D eigenvalue weighted by Gasteiger charge is -2.19. The van der Waals surface area contributed by atoms with Crippen molar-refractivity contribution in [3.8, 4) is 11.5 Å². The van der Waals surface area contributed by atoms with Crippen molar-refractivity contribution in [1.82, 2.24) is 9.38 Å². The normalized spacial score (nSPS) is 13.2. The Labute approximate surface area is 162 Å². The highest BCUT2D eigenvalue weighted by Crippen LogP contribution is 2.35. The fourth-order valence-electron chi connectivity index (χ4n) is 3.73. The van der Waals surface area contributed by atoms with Crippen LogP contribution in [0, 0.1) is 6.92 Å². The highest BCUT2D eigenvalue weighted by Gasteiger charge is 2.15. The molecule has 0 aliphatic carbocycles. The third kappa shape index (κ3) is 3.02. The van der Waals surface area contributed by atoms with Crippen molar-refractivity contribution in [2.45, 2.75) is 13.3 Å². The van der Waals surface area contributed by atoms with Crippen LogP contribution >= 0.6 is 0 Å². The van der Waals surface area contributed by atoms with E-state index >= 15 is 0 Å². The van der Waals surface area contributed by atoms with Gasteiger partial charge in [0.2, 0.25) is 0 Å². The molecular weight excluding hydrogens is 356 g/mol. The van der Waals surface area contributed by atoms with E-state index in [0.717, 1.165) is 28.8 Å². The number of hydrogen-bond donors (Lipinski definition) is 1. The van der Waals surface area contributed by atoms with Crippen LogP contribution in [0.4, 0.5) is 0 Å². The van der Waals surface area contributed by atoms with Crippen LogP contribution in [0.3, 0.4) is 0 Å². The van der Waals surface area contributed by atoms with Crippen LogP contribution in [0.15, 0.2) is 35.3 Å². The number of aryl methyl sites for hydroxylation is 1. The van der Waals surface area contributed by atoms with Crippen LogP contribution in [0.1, 0.15) is 12.2 Å². The lowest BCUT2D eigenvalue weighted by molar-refractivity contribution is -1.07. The molecule has 0 aliphatic rings. The predicted octanol–water partition coefficient (Wildman–Crippen LogP) is 2.23. The molecule has 0 bridgehead atoms. The second-order valence-corrected chi connectivity index (χ2v) is 7.61. The van der Waals surface area contributed by atoms with Gasteiger partial charge in [-0.1, -0.05) is 5.75 Å². The minimum Gasteiger partial charge on any atom is -0.871 e. The van der Waals surface area contributed by atoms with E-state index in [9.17, 15) is 10.3 Å². The molecule has 4 aromatic rings. The average Bonchev–Trinajstić information content (AvgIpc) is 2.98. The van der Waals surface area contributed by atoms with E-state index in [4.69, 9.17) is 4.74 Å². The Kier molecular flexibility index (Phi) is 4.36. The van der Waals surface area contributed by atoms with Gasteiger partial charge >= 0.3 is 0 Å². The number of methoxy groups -OCH3 is 1. The first-order valence-electron chi connectivity index (χ1n) is 9.28. The van der Waals surface area contributed by atoms with Crippen LogP contribution < -0.4 is 15.2 Å². The molecule has 0 amide bonds. The Bertz CT molecular complexity index is 1240. The first-order chi connectivity index (χ1) is 13.3. The van der Waals surface area contributed by atoms with Crippen molar-refractivity contribution in [3.63, 3.8) is 0 Å². The topological polar surface area (TPSA) is 82.2 Å². The van der Waals surface area contributed by atoms with Crippen LogP contribution in [-0.2, 0) is 0 Å². The summed E-state index contributed by atoms with van der Waals surface area (Å²) in [5, 5.41) is 25.0. The number of ether oxygens (including phenoxy) is 1. The largest absolute Gasteiger partial charge is 0.871 e. The molecule has 146 valence electrons. The summed E-state index contributed by atoms with van der Waals surface area (Å²) in [6.45, 7) is 3.06. The van der Waals surface area contributed by atoms with Crippen LogP contribution in [0.2, 0.25) is 0 Å². The summed E-state index contributed by atoms with van der Waals surface area (Å²) in [6, 6.07) is 9.29. The Balaban J connectivity index is 1.98. The van der Waals surface area contributed by atoms with E-state index in [-0.39, 0.29) is 10.4 Å². The number of imidazole rings is 1. The summed E-state index contributed by atoms with van der Waals surface area (Å²) in [6.07, 6.45) is 0.720. The SMILES string of the molecule is COc1ccc2c(c1)c([O-])c1c(=NCCC[N+](C)(C)O)ccc3nc(C)n2c31. The van der Waals surface area contributed by atoms with Gasteiger partial charge < -0.3 is 9.84 Å². The minimum absolute atomic E-state index is 0.0658. The van der Waals surface area contributed by atoms with Gasteiger partial charge in [0.25, 0.3) is 0 Å². The van der Waals surface area contributed by atoms with E-state index in [1.54, 1.807) is 27.3 Å². The van der Waals surface area contributed by atoms with Gasteiger partial charge in [0.15, 0.2) is 0 Å². The maximum absolute atomic E-state index is 13.4. The summed E-state index contributed by atoms with van der Waals surface area (Å²) in [4.78, 5) is 9.30. The lowest BCUT2D eigenvalue weighted by atomic mass is 10.1. The summed E-state index contributed by atoms with van der Waals surface area (Å²) >= 11 is 0. The predicted molar refractivity (Wildman–Crippen MR) is 106 cm³/mol. The zero-order valence-electron chi connectivity index (χ0n) is 16.6. The monoisotopic (exact) mass is 380 g/mol. The lowest BCUT2D eigenvalue weighted by Crippen LogP contribution is -2.36. The quantitative estimate of drug-likeness (QED) is 0.249. The van der Waals surface area contributed by atoms with Crippen LogP contribution in [0.25, 0.3) is 27.3 Å². The first-order valence-corrected chi connectivity index (χ1v) is 9.28. The Morgan fingerprint density at radius 1 is 1.25 bits per heavy atom. The van der Waals surface area contributed by atoms with Crippen molar-refractivity contribution in [2.24, 2.45) is 4.99 Å². The third-order valence-electron chi connectivity index (χ3n) is 5.03. The van der Waals surface area contributed by atoms with E-state index < -0.39 is 0 Å². The highest BCUT2D eigenvalue weighted by atomic mass is 16.5. The van der Waals surface area contributed by atoms with Gasteiger partial charge in [0, 0.05) is 18.4 Å². The molecule has 7 heteroatoms. The fraction of sp³-hybridized carbons (Fsp3) is 0.333. The first kappa shape index (κ1) is 18.5. The number of aromatic nitrogens is 2. The molecule has 0 spiro atoms. The smallest absolute Gasteiger partial charge is 0.119 e. The zero-order chi connectivity index (χ0) is 20.1. The number of hydrogen-bond acceptors (Lipinski definition) is 5. The maximum atomic E-state index is 13.4. The minimum atomic E-state index is -0.0977. The van der Waals surface area contributed by atoms with Crippen molar-refractivity contribution in [2.75, 3.05) is 34.3 Å². The van der Waals surface area contributed by atoms with E-state index in [1.165, 1.54) is 0 Å². The summed E-state index contributed by atoms with van der Waals surface area (Å²) in [5.74, 6) is 1.40. The number of fused-ring (bicyclic) bond motifs is 2. The number of pyridine rings is 1. The molecule has 0 saturated heterocycles. The van der Waals surface area contributed by atoms with Crippen LogP contribution in [-0.4, -0.2) is 53.5 Å².